The first kappa shape index (κ1) is 13.4. The van der Waals surface area contributed by atoms with Gasteiger partial charge in [-0.2, -0.15) is 5.10 Å². The number of ether oxygens (including phenoxy) is 1. The SMILES string of the molecule is CCOC(=O)c1c(C)ccn1Cc1cc(C)nn1C. The van der Waals surface area contributed by atoms with Gasteiger partial charge in [-0.15, -0.1) is 0 Å². The fraction of sp³-hybridized carbons (Fsp3) is 0.429. The molecule has 19 heavy (non-hydrogen) atoms. The van der Waals surface area contributed by atoms with Crippen LogP contribution in [0.3, 0.4) is 0 Å². The zero-order chi connectivity index (χ0) is 14.0. The van der Waals surface area contributed by atoms with Gasteiger partial charge in [0.2, 0.25) is 0 Å². The van der Waals surface area contributed by atoms with Gasteiger partial charge in [0, 0.05) is 13.2 Å². The van der Waals surface area contributed by atoms with Gasteiger partial charge in [-0.3, -0.25) is 4.68 Å². The molecule has 0 amide bonds. The predicted octanol–water partition coefficient (Wildman–Crippen LogP) is 2.06. The molecule has 5 heteroatoms. The average Bonchev–Trinajstić information content (AvgIpc) is 2.84. The molecule has 0 aliphatic rings. The van der Waals surface area contributed by atoms with Crippen molar-refractivity contribution in [3.8, 4) is 0 Å². The Hall–Kier alpha value is -2.04. The fourth-order valence-electron chi connectivity index (χ4n) is 2.18. The molecule has 0 atom stereocenters. The number of rotatable bonds is 4. The predicted molar refractivity (Wildman–Crippen MR) is 72.2 cm³/mol. The minimum atomic E-state index is -0.274. The van der Waals surface area contributed by atoms with Gasteiger partial charge in [0.15, 0.2) is 0 Å². The van der Waals surface area contributed by atoms with E-state index >= 15 is 0 Å². The van der Waals surface area contributed by atoms with Crippen molar-refractivity contribution < 1.29 is 9.53 Å². The molecule has 2 rings (SSSR count). The molecular weight excluding hydrogens is 242 g/mol. The minimum Gasteiger partial charge on any atom is -0.461 e. The molecule has 0 unspecified atom stereocenters. The number of carbonyl (C=O) groups is 1. The van der Waals surface area contributed by atoms with Crippen LogP contribution in [0.4, 0.5) is 0 Å². The Morgan fingerprint density at radius 1 is 1.42 bits per heavy atom. The Balaban J connectivity index is 2.31. The third-order valence-electron chi connectivity index (χ3n) is 3.07. The van der Waals surface area contributed by atoms with Crippen LogP contribution in [-0.4, -0.2) is 26.9 Å². The van der Waals surface area contributed by atoms with E-state index in [4.69, 9.17) is 4.74 Å². The molecular formula is C14H19N3O2. The Kier molecular flexibility index (Phi) is 3.74. The molecule has 0 N–H and O–H groups in total. The van der Waals surface area contributed by atoms with Crippen LogP contribution in [0.25, 0.3) is 0 Å². The Bertz CT molecular complexity index is 596. The second kappa shape index (κ2) is 5.30. The van der Waals surface area contributed by atoms with Gasteiger partial charge in [-0.05, 0) is 38.5 Å². The molecule has 0 radical (unpaired) electrons. The standard InChI is InChI=1S/C14H19N3O2/c1-5-19-14(18)13-10(2)6-7-17(13)9-12-8-11(3)15-16(12)4/h6-8H,5,9H2,1-4H3. The van der Waals surface area contributed by atoms with Crippen molar-refractivity contribution >= 4 is 5.97 Å². The molecule has 0 spiro atoms. The highest BCUT2D eigenvalue weighted by molar-refractivity contribution is 5.89. The topological polar surface area (TPSA) is 49.1 Å². The van der Waals surface area contributed by atoms with E-state index in [1.807, 2.05) is 55.4 Å². The summed E-state index contributed by atoms with van der Waals surface area (Å²) in [4.78, 5) is 12.0. The smallest absolute Gasteiger partial charge is 0.355 e. The molecule has 2 aromatic rings. The molecule has 0 aliphatic carbocycles. The van der Waals surface area contributed by atoms with Crippen molar-refractivity contribution in [2.24, 2.45) is 7.05 Å². The van der Waals surface area contributed by atoms with E-state index in [2.05, 4.69) is 5.10 Å². The maximum Gasteiger partial charge on any atom is 0.355 e. The number of nitrogens with zero attached hydrogens (tertiary/aromatic N) is 3. The Labute approximate surface area is 112 Å². The zero-order valence-electron chi connectivity index (χ0n) is 11.8. The summed E-state index contributed by atoms with van der Waals surface area (Å²) in [5.41, 5.74) is 3.57. The number of aryl methyl sites for hydroxylation is 3. The molecule has 0 saturated carbocycles. The van der Waals surface area contributed by atoms with E-state index in [-0.39, 0.29) is 5.97 Å². The summed E-state index contributed by atoms with van der Waals surface area (Å²) in [5, 5.41) is 4.31. The van der Waals surface area contributed by atoms with E-state index in [9.17, 15) is 4.79 Å². The van der Waals surface area contributed by atoms with Crippen molar-refractivity contribution in [2.75, 3.05) is 6.61 Å². The molecule has 0 bridgehead atoms. The van der Waals surface area contributed by atoms with E-state index < -0.39 is 0 Å². The van der Waals surface area contributed by atoms with Crippen molar-refractivity contribution in [3.63, 3.8) is 0 Å². The van der Waals surface area contributed by atoms with Gasteiger partial charge in [0.05, 0.1) is 24.5 Å². The summed E-state index contributed by atoms with van der Waals surface area (Å²) in [5.74, 6) is -0.274. The van der Waals surface area contributed by atoms with Crippen LogP contribution in [0, 0.1) is 13.8 Å². The maximum absolute atomic E-state index is 12.0. The first-order valence-electron chi connectivity index (χ1n) is 6.35. The van der Waals surface area contributed by atoms with Crippen LogP contribution in [0.1, 0.15) is 34.4 Å². The van der Waals surface area contributed by atoms with E-state index in [0.29, 0.717) is 18.8 Å². The number of hydrogen-bond donors (Lipinski definition) is 0. The lowest BCUT2D eigenvalue weighted by atomic mass is 10.2. The van der Waals surface area contributed by atoms with Crippen LogP contribution < -0.4 is 0 Å². The Morgan fingerprint density at radius 2 is 2.16 bits per heavy atom. The normalized spacial score (nSPS) is 10.7. The zero-order valence-corrected chi connectivity index (χ0v) is 11.8. The molecule has 0 fully saturated rings. The van der Waals surface area contributed by atoms with Crippen molar-refractivity contribution in [1.82, 2.24) is 14.3 Å². The summed E-state index contributed by atoms with van der Waals surface area (Å²) in [6.45, 7) is 6.67. The van der Waals surface area contributed by atoms with Crippen molar-refractivity contribution in [2.45, 2.75) is 27.3 Å². The lowest BCUT2D eigenvalue weighted by molar-refractivity contribution is 0.0513. The first-order chi connectivity index (χ1) is 9.02. The summed E-state index contributed by atoms with van der Waals surface area (Å²) < 4.78 is 8.84. The van der Waals surface area contributed by atoms with Gasteiger partial charge in [-0.1, -0.05) is 0 Å². The van der Waals surface area contributed by atoms with Crippen LogP contribution in [0.15, 0.2) is 18.3 Å². The highest BCUT2D eigenvalue weighted by Crippen LogP contribution is 2.14. The van der Waals surface area contributed by atoms with E-state index in [1.54, 1.807) is 0 Å². The molecule has 0 aromatic carbocycles. The van der Waals surface area contributed by atoms with Crippen molar-refractivity contribution in [3.05, 3.63) is 41.0 Å². The fourth-order valence-corrected chi connectivity index (χ4v) is 2.18. The van der Waals surface area contributed by atoms with Gasteiger partial charge in [-0.25, -0.2) is 4.79 Å². The second-order valence-electron chi connectivity index (χ2n) is 4.60. The highest BCUT2D eigenvalue weighted by atomic mass is 16.5. The molecule has 2 heterocycles. The highest BCUT2D eigenvalue weighted by Gasteiger charge is 2.16. The number of carbonyl (C=O) groups excluding carboxylic acids is 1. The summed E-state index contributed by atoms with van der Waals surface area (Å²) in [7, 11) is 1.91. The number of esters is 1. The van der Waals surface area contributed by atoms with Crippen LogP contribution in [0.5, 0.6) is 0 Å². The van der Waals surface area contributed by atoms with Gasteiger partial charge in [0.1, 0.15) is 5.69 Å². The lowest BCUT2D eigenvalue weighted by Crippen LogP contribution is -2.15. The maximum atomic E-state index is 12.0. The quantitative estimate of drug-likeness (QED) is 0.792. The molecule has 5 nitrogen and oxygen atoms in total. The van der Waals surface area contributed by atoms with Crippen LogP contribution in [0.2, 0.25) is 0 Å². The monoisotopic (exact) mass is 261 g/mol. The van der Waals surface area contributed by atoms with Crippen LogP contribution >= 0.6 is 0 Å². The summed E-state index contributed by atoms with van der Waals surface area (Å²) in [6.07, 6.45) is 1.91. The van der Waals surface area contributed by atoms with Gasteiger partial charge < -0.3 is 9.30 Å². The molecule has 0 saturated heterocycles. The molecule has 102 valence electrons. The third-order valence-corrected chi connectivity index (χ3v) is 3.07. The van der Waals surface area contributed by atoms with Crippen molar-refractivity contribution in [1.29, 1.82) is 0 Å². The first-order valence-corrected chi connectivity index (χ1v) is 6.35. The number of aromatic nitrogens is 3. The molecule has 0 aliphatic heterocycles. The Morgan fingerprint density at radius 3 is 2.74 bits per heavy atom. The van der Waals surface area contributed by atoms with Gasteiger partial charge in [0.25, 0.3) is 0 Å². The lowest BCUT2D eigenvalue weighted by Gasteiger charge is -2.09. The van der Waals surface area contributed by atoms with E-state index in [0.717, 1.165) is 17.0 Å². The average molecular weight is 261 g/mol. The largest absolute Gasteiger partial charge is 0.461 e. The van der Waals surface area contributed by atoms with Gasteiger partial charge >= 0.3 is 5.97 Å². The summed E-state index contributed by atoms with van der Waals surface area (Å²) in [6, 6.07) is 3.94. The van der Waals surface area contributed by atoms with E-state index in [1.165, 1.54) is 0 Å². The third kappa shape index (κ3) is 2.70. The summed E-state index contributed by atoms with van der Waals surface area (Å²) >= 11 is 0. The van der Waals surface area contributed by atoms with Crippen LogP contribution in [-0.2, 0) is 18.3 Å². The minimum absolute atomic E-state index is 0.274. The second-order valence-corrected chi connectivity index (χ2v) is 4.60. The molecule has 2 aromatic heterocycles. The number of hydrogen-bond acceptors (Lipinski definition) is 3.